The third-order valence-corrected chi connectivity index (χ3v) is 12.2. The lowest BCUT2D eigenvalue weighted by Crippen LogP contribution is -2.71. The SMILES string of the molecule is CC(=O)OC[C@H]1O[C@@H](O[C@H]2[C@H](OC(C)=O)[C@@H](N3C(=O)c4ccccc4C3=O)[C@H](OCC[Si](C)(C)C)O[C@@H]2COCc2ccccc2)[C@H](NC(=O)OCC(Cl)(Cl)Cl)[C@@H](OC(C)=O)[C@@H]1OC(C)=O. The molecule has 3 aliphatic heterocycles. The Labute approximate surface area is 397 Å². The monoisotopic (exact) mass is 1000 g/mol. The van der Waals surface area contributed by atoms with E-state index in [0.29, 0.717) is 6.04 Å². The van der Waals surface area contributed by atoms with Gasteiger partial charge in [0.05, 0.1) is 24.3 Å². The minimum Gasteiger partial charge on any atom is -0.463 e. The van der Waals surface area contributed by atoms with Crippen LogP contribution < -0.4 is 5.32 Å². The minimum absolute atomic E-state index is 0.0524. The number of ether oxygens (including phenoxy) is 10. The Kier molecular flexibility index (Phi) is 18.4. The number of rotatable bonds is 18. The topological polar surface area (TPSA) is 227 Å². The van der Waals surface area contributed by atoms with Gasteiger partial charge >= 0.3 is 30.0 Å². The predicted octanol–water partition coefficient (Wildman–Crippen LogP) is 4.88. The van der Waals surface area contributed by atoms with Crippen LogP contribution in [0.4, 0.5) is 4.79 Å². The fourth-order valence-electron chi connectivity index (χ4n) is 7.40. The second-order valence-electron chi connectivity index (χ2n) is 16.8. The highest BCUT2D eigenvalue weighted by molar-refractivity contribution is 6.76. The standard InChI is InChI=1S/C43H53Cl3N2O17Si/c1-23(49)58-21-31-34(60-24(2)50)36(61-25(3)51)32(47-42(55)59-22-43(44,45)46)40(63-31)65-35-30(20-56-19-27-13-9-8-10-14-27)64-41(57-17-18-66(5,6)7)33(37(35)62-26(4)52)48-38(53)28-15-11-12-16-29(28)39(48)54/h8-16,30-37,40-41H,17-22H2,1-7H3,(H,47,55)/t30-,31-,32-,33-,34-,35-,36-,37-,40+,41-/m1/s1. The van der Waals surface area contributed by atoms with Crippen molar-refractivity contribution in [3.63, 3.8) is 0 Å². The van der Waals surface area contributed by atoms with Crippen LogP contribution in [0.1, 0.15) is 54.0 Å². The van der Waals surface area contributed by atoms with E-state index >= 15 is 0 Å². The summed E-state index contributed by atoms with van der Waals surface area (Å²) >= 11 is 17.6. The molecule has 0 radical (unpaired) electrons. The zero-order chi connectivity index (χ0) is 48.5. The first kappa shape index (κ1) is 52.6. The molecule has 2 fully saturated rings. The molecule has 362 valence electrons. The molecule has 3 aliphatic rings. The minimum atomic E-state index is -2.07. The highest BCUT2D eigenvalue weighted by atomic mass is 35.6. The Bertz CT molecular complexity index is 2040. The summed E-state index contributed by atoms with van der Waals surface area (Å²) in [6.45, 7) is 9.15. The maximum absolute atomic E-state index is 14.3. The average Bonchev–Trinajstić information content (AvgIpc) is 3.47. The number of imide groups is 1. The van der Waals surface area contributed by atoms with E-state index in [4.69, 9.17) is 82.2 Å². The van der Waals surface area contributed by atoms with Crippen LogP contribution in [-0.2, 0) is 73.2 Å². The van der Waals surface area contributed by atoms with Gasteiger partial charge in [0.2, 0.25) is 3.79 Å². The Morgan fingerprint density at radius 3 is 1.80 bits per heavy atom. The Morgan fingerprint density at radius 2 is 1.24 bits per heavy atom. The van der Waals surface area contributed by atoms with Gasteiger partial charge < -0.3 is 52.7 Å². The van der Waals surface area contributed by atoms with Gasteiger partial charge in [0.15, 0.2) is 30.9 Å². The van der Waals surface area contributed by atoms with E-state index in [1.54, 1.807) is 12.1 Å². The van der Waals surface area contributed by atoms with E-state index in [-0.39, 0.29) is 30.9 Å². The molecule has 3 heterocycles. The van der Waals surface area contributed by atoms with Crippen LogP contribution in [0.15, 0.2) is 54.6 Å². The van der Waals surface area contributed by atoms with Gasteiger partial charge in [0, 0.05) is 42.4 Å². The molecule has 1 N–H and O–H groups in total. The van der Waals surface area contributed by atoms with Gasteiger partial charge in [-0.05, 0) is 23.7 Å². The van der Waals surface area contributed by atoms with Crippen molar-refractivity contribution in [2.24, 2.45) is 0 Å². The van der Waals surface area contributed by atoms with Crippen molar-refractivity contribution in [1.82, 2.24) is 10.2 Å². The number of esters is 4. The van der Waals surface area contributed by atoms with Gasteiger partial charge in [-0.15, -0.1) is 0 Å². The quantitative estimate of drug-likeness (QED) is 0.0690. The lowest BCUT2D eigenvalue weighted by molar-refractivity contribution is -0.338. The van der Waals surface area contributed by atoms with E-state index in [2.05, 4.69) is 25.0 Å². The van der Waals surface area contributed by atoms with Crippen LogP contribution in [0, 0.1) is 0 Å². The van der Waals surface area contributed by atoms with Crippen molar-refractivity contribution in [3.05, 3.63) is 71.3 Å². The van der Waals surface area contributed by atoms with Crippen LogP contribution in [0.5, 0.6) is 0 Å². The maximum Gasteiger partial charge on any atom is 0.407 e. The summed E-state index contributed by atoms with van der Waals surface area (Å²) < 4.78 is 58.0. The summed E-state index contributed by atoms with van der Waals surface area (Å²) in [5.74, 6) is -4.96. The van der Waals surface area contributed by atoms with Crippen LogP contribution >= 0.6 is 34.8 Å². The van der Waals surface area contributed by atoms with Gasteiger partial charge in [-0.3, -0.25) is 33.7 Å². The number of amides is 3. The van der Waals surface area contributed by atoms with E-state index < -0.39 is 128 Å². The number of hydrogen-bond acceptors (Lipinski definition) is 17. The molecule has 2 aromatic rings. The normalized spacial score (nSPS) is 26.5. The van der Waals surface area contributed by atoms with Gasteiger partial charge in [-0.25, -0.2) is 4.79 Å². The number of carbonyl (C=O) groups is 7. The number of alkyl carbamates (subject to hydrolysis) is 1. The van der Waals surface area contributed by atoms with Crippen molar-refractivity contribution >= 4 is 84.7 Å². The van der Waals surface area contributed by atoms with E-state index in [1.807, 2.05) is 30.3 Å². The number of halogens is 3. The van der Waals surface area contributed by atoms with E-state index in [9.17, 15) is 33.6 Å². The van der Waals surface area contributed by atoms with Crippen LogP contribution in [0.25, 0.3) is 0 Å². The molecule has 0 saturated carbocycles. The average molecular weight is 1000 g/mol. The summed E-state index contributed by atoms with van der Waals surface area (Å²) in [5, 5.41) is 2.47. The molecule has 66 heavy (non-hydrogen) atoms. The molecule has 19 nitrogen and oxygen atoms in total. The fourth-order valence-corrected chi connectivity index (χ4v) is 8.30. The predicted molar refractivity (Wildman–Crippen MR) is 235 cm³/mol. The van der Waals surface area contributed by atoms with Gasteiger partial charge in [0.1, 0.15) is 43.6 Å². The van der Waals surface area contributed by atoms with Crippen LogP contribution in [0.3, 0.4) is 0 Å². The molecule has 3 amide bonds. The zero-order valence-electron chi connectivity index (χ0n) is 37.2. The third-order valence-electron chi connectivity index (χ3n) is 10.2. The first-order valence-corrected chi connectivity index (χ1v) is 25.7. The summed E-state index contributed by atoms with van der Waals surface area (Å²) in [6, 6.07) is 12.6. The lowest BCUT2D eigenvalue weighted by atomic mass is 9.93. The van der Waals surface area contributed by atoms with E-state index in [0.717, 1.165) is 38.2 Å². The zero-order valence-corrected chi connectivity index (χ0v) is 40.5. The molecular weight excluding hydrogens is 951 g/mol. The largest absolute Gasteiger partial charge is 0.463 e. The number of nitrogens with zero attached hydrogens (tertiary/aromatic N) is 1. The van der Waals surface area contributed by atoms with Crippen molar-refractivity contribution in [1.29, 1.82) is 0 Å². The number of alkyl halides is 3. The van der Waals surface area contributed by atoms with Crippen molar-refractivity contribution in [3.8, 4) is 0 Å². The molecule has 0 unspecified atom stereocenters. The molecule has 0 aromatic heterocycles. The molecule has 0 bridgehead atoms. The van der Waals surface area contributed by atoms with E-state index in [1.165, 1.54) is 12.1 Å². The van der Waals surface area contributed by atoms with Gasteiger partial charge in [-0.2, -0.15) is 0 Å². The number of nitrogens with one attached hydrogen (secondary N) is 1. The highest BCUT2D eigenvalue weighted by Crippen LogP contribution is 2.38. The number of benzene rings is 2. The number of hydrogen-bond donors (Lipinski definition) is 1. The Hall–Kier alpha value is -4.38. The lowest BCUT2D eigenvalue weighted by Gasteiger charge is -2.50. The molecule has 5 rings (SSSR count). The van der Waals surface area contributed by atoms with Gasteiger partial charge in [0.25, 0.3) is 11.8 Å². The summed E-state index contributed by atoms with van der Waals surface area (Å²) in [5.41, 5.74) is 0.910. The number of carbonyl (C=O) groups excluding carboxylic acids is 7. The van der Waals surface area contributed by atoms with Gasteiger partial charge in [-0.1, -0.05) is 96.9 Å². The molecule has 2 aromatic carbocycles. The smallest absolute Gasteiger partial charge is 0.407 e. The summed E-state index contributed by atoms with van der Waals surface area (Å²) in [4.78, 5) is 93.7. The third kappa shape index (κ3) is 14.6. The fraction of sp³-hybridized carbons (Fsp3) is 0.558. The van der Waals surface area contributed by atoms with Crippen molar-refractivity contribution < 1.29 is 80.9 Å². The number of fused-ring (bicyclic) bond motifs is 1. The molecule has 0 aliphatic carbocycles. The van der Waals surface area contributed by atoms with Crippen LogP contribution in [0.2, 0.25) is 25.7 Å². The first-order chi connectivity index (χ1) is 31.0. The summed E-state index contributed by atoms with van der Waals surface area (Å²) in [7, 11) is -1.77. The molecule has 0 spiro atoms. The molecule has 2 saturated heterocycles. The summed E-state index contributed by atoms with van der Waals surface area (Å²) in [6.07, 6.45) is -13.9. The second kappa shape index (κ2) is 23.1. The van der Waals surface area contributed by atoms with Crippen molar-refractivity contribution in [2.45, 2.75) is 125 Å². The molecule has 10 atom stereocenters. The first-order valence-electron chi connectivity index (χ1n) is 20.8. The van der Waals surface area contributed by atoms with Crippen molar-refractivity contribution in [2.75, 3.05) is 26.4 Å². The second-order valence-corrected chi connectivity index (χ2v) is 24.9. The molecule has 23 heteroatoms. The highest BCUT2D eigenvalue weighted by Gasteiger charge is 2.59. The molecular formula is C43H53Cl3N2O17Si. The Balaban J connectivity index is 1.67. The van der Waals surface area contributed by atoms with Crippen LogP contribution in [-0.4, -0.2) is 146 Å². The Morgan fingerprint density at radius 1 is 0.697 bits per heavy atom. The maximum atomic E-state index is 14.3.